The monoisotopic (exact) mass is 353 g/mol. The molecular formula is C16H24BrN3O. The van der Waals surface area contributed by atoms with Gasteiger partial charge in [0.05, 0.1) is 12.6 Å². The average molecular weight is 354 g/mol. The van der Waals surface area contributed by atoms with E-state index in [4.69, 9.17) is 0 Å². The Labute approximate surface area is 135 Å². The molecule has 0 aliphatic carbocycles. The molecule has 4 nitrogen and oxygen atoms in total. The minimum atomic E-state index is 0.0932. The molecule has 0 aromatic heterocycles. The summed E-state index contributed by atoms with van der Waals surface area (Å²) in [7, 11) is 0. The Balaban J connectivity index is 1.88. The molecule has 116 valence electrons. The quantitative estimate of drug-likeness (QED) is 0.853. The minimum absolute atomic E-state index is 0.0932. The number of hydrogen-bond donors (Lipinski definition) is 2. The molecule has 1 atom stereocenters. The van der Waals surface area contributed by atoms with Crippen LogP contribution in [-0.2, 0) is 4.79 Å². The van der Waals surface area contributed by atoms with E-state index in [1.165, 1.54) is 0 Å². The molecule has 0 radical (unpaired) electrons. The number of carbonyl (C=O) groups is 1. The molecule has 21 heavy (non-hydrogen) atoms. The molecule has 1 aromatic carbocycles. The van der Waals surface area contributed by atoms with E-state index < -0.39 is 0 Å². The fraction of sp³-hybridized carbons (Fsp3) is 0.562. The van der Waals surface area contributed by atoms with Gasteiger partial charge in [-0.05, 0) is 43.6 Å². The second-order valence-corrected chi connectivity index (χ2v) is 6.38. The second kappa shape index (κ2) is 8.51. The predicted octanol–water partition coefficient (Wildman–Crippen LogP) is 2.31. The smallest absolute Gasteiger partial charge is 0.234 e. The molecule has 0 spiro atoms. The summed E-state index contributed by atoms with van der Waals surface area (Å²) in [4.78, 5) is 14.5. The molecule has 2 rings (SSSR count). The van der Waals surface area contributed by atoms with Gasteiger partial charge in [-0.25, -0.2) is 0 Å². The Bertz CT molecular complexity index is 441. The Morgan fingerprint density at radius 1 is 1.33 bits per heavy atom. The molecule has 1 unspecified atom stereocenters. The summed E-state index contributed by atoms with van der Waals surface area (Å²) in [5.74, 6) is 0.117. The normalized spacial score (nSPS) is 18.0. The third-order valence-electron chi connectivity index (χ3n) is 3.82. The van der Waals surface area contributed by atoms with Gasteiger partial charge in [0.1, 0.15) is 0 Å². The summed E-state index contributed by atoms with van der Waals surface area (Å²) in [6, 6.07) is 8.26. The first-order valence-electron chi connectivity index (χ1n) is 7.67. The largest absolute Gasteiger partial charge is 0.348 e. The van der Waals surface area contributed by atoms with E-state index in [2.05, 4.69) is 50.5 Å². The van der Waals surface area contributed by atoms with E-state index >= 15 is 0 Å². The highest BCUT2D eigenvalue weighted by Gasteiger charge is 2.16. The Hall–Kier alpha value is -0.910. The van der Waals surface area contributed by atoms with Crippen molar-refractivity contribution >= 4 is 21.8 Å². The van der Waals surface area contributed by atoms with Crippen molar-refractivity contribution in [1.29, 1.82) is 0 Å². The molecular weight excluding hydrogens is 330 g/mol. The molecule has 0 saturated carbocycles. The van der Waals surface area contributed by atoms with Gasteiger partial charge in [-0.3, -0.25) is 9.69 Å². The number of halogens is 1. The summed E-state index contributed by atoms with van der Waals surface area (Å²) in [6.45, 7) is 6.56. The van der Waals surface area contributed by atoms with Gasteiger partial charge in [0, 0.05) is 17.6 Å². The van der Waals surface area contributed by atoms with Crippen molar-refractivity contribution in [3.8, 4) is 0 Å². The van der Waals surface area contributed by atoms with Crippen LogP contribution in [0.5, 0.6) is 0 Å². The first-order valence-corrected chi connectivity index (χ1v) is 8.46. The van der Waals surface area contributed by atoms with Crippen LogP contribution >= 0.6 is 15.9 Å². The first kappa shape index (κ1) is 16.5. The second-order valence-electron chi connectivity index (χ2n) is 5.46. The number of benzene rings is 1. The summed E-state index contributed by atoms with van der Waals surface area (Å²) < 4.78 is 1.06. The van der Waals surface area contributed by atoms with Gasteiger partial charge in [-0.1, -0.05) is 35.0 Å². The maximum Gasteiger partial charge on any atom is 0.234 e. The lowest BCUT2D eigenvalue weighted by atomic mass is 10.0. The topological polar surface area (TPSA) is 44.4 Å². The fourth-order valence-corrected chi connectivity index (χ4v) is 2.88. The van der Waals surface area contributed by atoms with Crippen molar-refractivity contribution in [3.05, 3.63) is 34.3 Å². The Morgan fingerprint density at radius 3 is 2.81 bits per heavy atom. The van der Waals surface area contributed by atoms with Gasteiger partial charge >= 0.3 is 0 Å². The SMILES string of the molecule is CCC(NC(=O)CN1CCCNCC1)c1ccc(Br)cc1. The molecule has 5 heteroatoms. The summed E-state index contributed by atoms with van der Waals surface area (Å²) in [6.07, 6.45) is 2.01. The van der Waals surface area contributed by atoms with E-state index in [1.807, 2.05) is 12.1 Å². The number of hydrogen-bond acceptors (Lipinski definition) is 3. The molecule has 1 aliphatic rings. The zero-order valence-corrected chi connectivity index (χ0v) is 14.2. The maximum absolute atomic E-state index is 12.3. The molecule has 2 N–H and O–H groups in total. The fourth-order valence-electron chi connectivity index (χ4n) is 2.62. The van der Waals surface area contributed by atoms with Crippen LogP contribution < -0.4 is 10.6 Å². The zero-order chi connectivity index (χ0) is 15.1. The lowest BCUT2D eigenvalue weighted by molar-refractivity contribution is -0.123. The molecule has 1 amide bonds. The first-order chi connectivity index (χ1) is 10.2. The molecule has 1 fully saturated rings. The predicted molar refractivity (Wildman–Crippen MR) is 89.2 cm³/mol. The van der Waals surface area contributed by atoms with Gasteiger partial charge in [0.25, 0.3) is 0 Å². The van der Waals surface area contributed by atoms with Crippen molar-refractivity contribution < 1.29 is 4.79 Å². The summed E-state index contributed by atoms with van der Waals surface area (Å²) >= 11 is 3.44. The maximum atomic E-state index is 12.3. The molecule has 0 bridgehead atoms. The van der Waals surface area contributed by atoms with Crippen LogP contribution in [0, 0.1) is 0 Å². The van der Waals surface area contributed by atoms with Crippen LogP contribution in [0.15, 0.2) is 28.7 Å². The van der Waals surface area contributed by atoms with Crippen LogP contribution in [0.4, 0.5) is 0 Å². The van der Waals surface area contributed by atoms with Crippen molar-refractivity contribution in [1.82, 2.24) is 15.5 Å². The molecule has 1 aliphatic heterocycles. The van der Waals surface area contributed by atoms with Gasteiger partial charge < -0.3 is 10.6 Å². The van der Waals surface area contributed by atoms with Crippen LogP contribution in [0.1, 0.15) is 31.4 Å². The van der Waals surface area contributed by atoms with E-state index in [0.29, 0.717) is 6.54 Å². The lowest BCUT2D eigenvalue weighted by Crippen LogP contribution is -2.40. The van der Waals surface area contributed by atoms with Crippen molar-refractivity contribution in [2.24, 2.45) is 0 Å². The Morgan fingerprint density at radius 2 is 2.10 bits per heavy atom. The number of amides is 1. The van der Waals surface area contributed by atoms with Crippen LogP contribution in [0.25, 0.3) is 0 Å². The van der Waals surface area contributed by atoms with Crippen molar-refractivity contribution in [2.45, 2.75) is 25.8 Å². The third kappa shape index (κ3) is 5.41. The minimum Gasteiger partial charge on any atom is -0.348 e. The average Bonchev–Trinajstić information content (AvgIpc) is 2.74. The highest BCUT2D eigenvalue weighted by atomic mass is 79.9. The summed E-state index contributed by atoms with van der Waals surface area (Å²) in [5.41, 5.74) is 1.16. The molecule has 1 saturated heterocycles. The van der Waals surface area contributed by atoms with Crippen LogP contribution in [-0.4, -0.2) is 43.5 Å². The van der Waals surface area contributed by atoms with Crippen LogP contribution in [0.2, 0.25) is 0 Å². The number of nitrogens with one attached hydrogen (secondary N) is 2. The molecule has 1 aromatic rings. The van der Waals surface area contributed by atoms with E-state index in [1.54, 1.807) is 0 Å². The van der Waals surface area contributed by atoms with E-state index in [0.717, 1.165) is 49.1 Å². The summed E-state index contributed by atoms with van der Waals surface area (Å²) in [5, 5.41) is 6.51. The standard InChI is InChI=1S/C16H24BrN3O/c1-2-15(13-4-6-14(17)7-5-13)19-16(21)12-20-10-3-8-18-9-11-20/h4-7,15,18H,2-3,8-12H2,1H3,(H,19,21). The highest BCUT2D eigenvalue weighted by molar-refractivity contribution is 9.10. The number of carbonyl (C=O) groups excluding carboxylic acids is 1. The van der Waals surface area contributed by atoms with Gasteiger partial charge in [-0.2, -0.15) is 0 Å². The zero-order valence-electron chi connectivity index (χ0n) is 12.6. The van der Waals surface area contributed by atoms with Gasteiger partial charge in [-0.15, -0.1) is 0 Å². The lowest BCUT2D eigenvalue weighted by Gasteiger charge is -2.22. The van der Waals surface area contributed by atoms with Crippen LogP contribution in [0.3, 0.4) is 0 Å². The highest BCUT2D eigenvalue weighted by Crippen LogP contribution is 2.19. The third-order valence-corrected chi connectivity index (χ3v) is 4.34. The Kier molecular flexibility index (Phi) is 6.67. The van der Waals surface area contributed by atoms with Crippen molar-refractivity contribution in [3.63, 3.8) is 0 Å². The molecule has 1 heterocycles. The van der Waals surface area contributed by atoms with E-state index in [9.17, 15) is 4.79 Å². The number of rotatable bonds is 5. The van der Waals surface area contributed by atoms with Gasteiger partial charge in [0.15, 0.2) is 0 Å². The van der Waals surface area contributed by atoms with Gasteiger partial charge in [0.2, 0.25) is 5.91 Å². The number of nitrogens with zero attached hydrogens (tertiary/aromatic N) is 1. The van der Waals surface area contributed by atoms with Crippen molar-refractivity contribution in [2.75, 3.05) is 32.7 Å². The van der Waals surface area contributed by atoms with E-state index in [-0.39, 0.29) is 11.9 Å².